The van der Waals surface area contributed by atoms with E-state index < -0.39 is 33.8 Å². The van der Waals surface area contributed by atoms with E-state index in [-0.39, 0.29) is 21.9 Å². The summed E-state index contributed by atoms with van der Waals surface area (Å²) in [4.78, 5) is 40.1. The quantitative estimate of drug-likeness (QED) is 0.635. The van der Waals surface area contributed by atoms with Crippen molar-refractivity contribution in [2.45, 2.75) is 44.6 Å². The maximum atomic E-state index is 13.2. The molecule has 2 heterocycles. The lowest BCUT2D eigenvalue weighted by atomic mass is 10.0. The minimum atomic E-state index is -3.60. The second-order valence-corrected chi connectivity index (χ2v) is 11.3. The van der Waals surface area contributed by atoms with Gasteiger partial charge in [0.25, 0.3) is 11.8 Å². The second kappa shape index (κ2) is 9.31. The van der Waals surface area contributed by atoms with Crippen LogP contribution in [-0.2, 0) is 14.8 Å². The Hall–Kier alpha value is -3.04. The molecular weight excluding hydrogens is 454 g/mol. The molecule has 1 unspecified atom stereocenters. The van der Waals surface area contributed by atoms with E-state index in [2.05, 4.69) is 12.2 Å². The van der Waals surface area contributed by atoms with Crippen molar-refractivity contribution >= 4 is 33.4 Å². The molecule has 1 saturated heterocycles. The SMILES string of the molecule is CC1CCN(S(=O)(=O)c2ccc(NC(=O)C(C(C)C)N3C(=O)c4ccccc4C3=O)cc2)CC1. The predicted octanol–water partition coefficient (Wildman–Crippen LogP) is 3.37. The number of piperidine rings is 1. The number of carbonyl (C=O) groups is 3. The van der Waals surface area contributed by atoms with Crippen LogP contribution in [0.5, 0.6) is 0 Å². The molecule has 1 fully saturated rings. The zero-order valence-corrected chi connectivity index (χ0v) is 20.3. The number of nitrogens with zero attached hydrogens (tertiary/aromatic N) is 2. The van der Waals surface area contributed by atoms with Gasteiger partial charge in [0.05, 0.1) is 16.0 Å². The number of amides is 3. The molecule has 34 heavy (non-hydrogen) atoms. The molecule has 2 aliphatic rings. The van der Waals surface area contributed by atoms with Gasteiger partial charge < -0.3 is 5.32 Å². The molecule has 1 atom stereocenters. The van der Waals surface area contributed by atoms with Crippen LogP contribution in [0.2, 0.25) is 0 Å². The van der Waals surface area contributed by atoms with Crippen molar-refractivity contribution in [1.29, 1.82) is 0 Å². The highest BCUT2D eigenvalue weighted by Gasteiger charge is 2.44. The molecule has 2 aliphatic heterocycles. The largest absolute Gasteiger partial charge is 0.324 e. The van der Waals surface area contributed by atoms with Crippen LogP contribution >= 0.6 is 0 Å². The van der Waals surface area contributed by atoms with E-state index in [4.69, 9.17) is 0 Å². The van der Waals surface area contributed by atoms with Gasteiger partial charge in [-0.15, -0.1) is 0 Å². The van der Waals surface area contributed by atoms with Gasteiger partial charge in [-0.3, -0.25) is 19.3 Å². The molecule has 1 N–H and O–H groups in total. The van der Waals surface area contributed by atoms with Crippen molar-refractivity contribution in [2.75, 3.05) is 18.4 Å². The molecule has 2 aromatic rings. The highest BCUT2D eigenvalue weighted by molar-refractivity contribution is 7.89. The summed E-state index contributed by atoms with van der Waals surface area (Å²) in [5.74, 6) is -1.31. The molecule has 4 rings (SSSR count). The van der Waals surface area contributed by atoms with Crippen molar-refractivity contribution in [3.05, 3.63) is 59.7 Å². The predicted molar refractivity (Wildman–Crippen MR) is 128 cm³/mol. The van der Waals surface area contributed by atoms with Crippen molar-refractivity contribution in [2.24, 2.45) is 11.8 Å². The number of nitrogens with one attached hydrogen (secondary N) is 1. The van der Waals surface area contributed by atoms with Gasteiger partial charge in [0, 0.05) is 18.8 Å². The third-order valence-electron chi connectivity index (χ3n) is 6.51. The maximum Gasteiger partial charge on any atom is 0.262 e. The number of hydrogen-bond donors (Lipinski definition) is 1. The van der Waals surface area contributed by atoms with Gasteiger partial charge in [0.2, 0.25) is 15.9 Å². The third-order valence-corrected chi connectivity index (χ3v) is 8.42. The molecule has 9 heteroatoms. The normalized spacial score (nSPS) is 18.3. The van der Waals surface area contributed by atoms with Gasteiger partial charge >= 0.3 is 0 Å². The van der Waals surface area contributed by atoms with Crippen molar-refractivity contribution < 1.29 is 22.8 Å². The summed E-state index contributed by atoms with van der Waals surface area (Å²) >= 11 is 0. The first-order valence-corrected chi connectivity index (χ1v) is 12.9. The van der Waals surface area contributed by atoms with E-state index in [0.29, 0.717) is 24.7 Å². The average Bonchev–Trinajstić information content (AvgIpc) is 3.05. The summed E-state index contributed by atoms with van der Waals surface area (Å²) in [6, 6.07) is 11.5. The van der Waals surface area contributed by atoms with Gasteiger partial charge in [-0.25, -0.2) is 8.42 Å². The second-order valence-electron chi connectivity index (χ2n) is 9.31. The first kappa shape index (κ1) is 24.1. The fourth-order valence-corrected chi connectivity index (χ4v) is 5.95. The van der Waals surface area contributed by atoms with E-state index in [9.17, 15) is 22.8 Å². The number of fused-ring (bicyclic) bond motifs is 1. The Bertz CT molecular complexity index is 1180. The van der Waals surface area contributed by atoms with E-state index >= 15 is 0 Å². The van der Waals surface area contributed by atoms with Gasteiger partial charge in [-0.05, 0) is 61.1 Å². The number of imide groups is 1. The Kier molecular flexibility index (Phi) is 6.60. The molecule has 0 radical (unpaired) electrons. The fourth-order valence-electron chi connectivity index (χ4n) is 4.48. The lowest BCUT2D eigenvalue weighted by Gasteiger charge is -2.29. The van der Waals surface area contributed by atoms with Crippen LogP contribution in [0.25, 0.3) is 0 Å². The summed E-state index contributed by atoms with van der Waals surface area (Å²) in [5.41, 5.74) is 0.957. The van der Waals surface area contributed by atoms with Gasteiger partial charge in [0.1, 0.15) is 6.04 Å². The van der Waals surface area contributed by atoms with Crippen LogP contribution in [0.15, 0.2) is 53.4 Å². The number of anilines is 1. The number of sulfonamides is 1. The molecule has 0 bridgehead atoms. The third kappa shape index (κ3) is 4.37. The van der Waals surface area contributed by atoms with Crippen LogP contribution in [0.1, 0.15) is 54.3 Å². The lowest BCUT2D eigenvalue weighted by molar-refractivity contribution is -0.121. The fraction of sp³-hybridized carbons (Fsp3) is 0.400. The first-order valence-electron chi connectivity index (χ1n) is 11.5. The van der Waals surface area contributed by atoms with Crippen molar-refractivity contribution in [3.63, 3.8) is 0 Å². The first-order chi connectivity index (χ1) is 16.1. The topological polar surface area (TPSA) is 104 Å². The van der Waals surface area contributed by atoms with Gasteiger partial charge in [0.15, 0.2) is 0 Å². The summed E-state index contributed by atoms with van der Waals surface area (Å²) < 4.78 is 27.4. The molecule has 0 aromatic heterocycles. The molecule has 3 amide bonds. The van der Waals surface area contributed by atoms with Crippen LogP contribution < -0.4 is 5.32 Å². The van der Waals surface area contributed by atoms with E-state index in [0.717, 1.165) is 17.7 Å². The zero-order valence-electron chi connectivity index (χ0n) is 19.5. The Morgan fingerprint density at radius 2 is 1.47 bits per heavy atom. The lowest BCUT2D eigenvalue weighted by Crippen LogP contribution is -2.50. The van der Waals surface area contributed by atoms with Crippen LogP contribution in [0.3, 0.4) is 0 Å². The van der Waals surface area contributed by atoms with E-state index in [1.165, 1.54) is 28.6 Å². The molecule has 8 nitrogen and oxygen atoms in total. The molecule has 180 valence electrons. The summed E-state index contributed by atoms with van der Waals surface area (Å²) in [6.07, 6.45) is 1.67. The Labute approximate surface area is 200 Å². The average molecular weight is 484 g/mol. The highest BCUT2D eigenvalue weighted by atomic mass is 32.2. The van der Waals surface area contributed by atoms with Gasteiger partial charge in [-0.2, -0.15) is 4.31 Å². The molecular formula is C25H29N3O5S. The summed E-state index contributed by atoms with van der Waals surface area (Å²) in [5, 5.41) is 2.74. The minimum Gasteiger partial charge on any atom is -0.324 e. The highest BCUT2D eigenvalue weighted by Crippen LogP contribution is 2.28. The number of hydrogen-bond acceptors (Lipinski definition) is 5. The number of benzene rings is 2. The molecule has 0 aliphatic carbocycles. The minimum absolute atomic E-state index is 0.167. The number of carbonyl (C=O) groups excluding carboxylic acids is 3. The zero-order chi connectivity index (χ0) is 24.6. The van der Waals surface area contributed by atoms with E-state index in [1.54, 1.807) is 38.1 Å². The van der Waals surface area contributed by atoms with Gasteiger partial charge in [-0.1, -0.05) is 32.9 Å². The molecule has 2 aromatic carbocycles. The maximum absolute atomic E-state index is 13.2. The van der Waals surface area contributed by atoms with Crippen LogP contribution in [0.4, 0.5) is 5.69 Å². The Morgan fingerprint density at radius 1 is 0.941 bits per heavy atom. The molecule has 0 saturated carbocycles. The molecule has 0 spiro atoms. The summed E-state index contributed by atoms with van der Waals surface area (Å²) in [6.45, 7) is 6.65. The smallest absolute Gasteiger partial charge is 0.262 e. The van der Waals surface area contributed by atoms with Crippen LogP contribution in [-0.4, -0.2) is 54.5 Å². The van der Waals surface area contributed by atoms with Crippen LogP contribution in [0, 0.1) is 11.8 Å². The van der Waals surface area contributed by atoms with Crippen molar-refractivity contribution in [1.82, 2.24) is 9.21 Å². The summed E-state index contributed by atoms with van der Waals surface area (Å²) in [7, 11) is -3.60. The Morgan fingerprint density at radius 3 is 1.97 bits per heavy atom. The monoisotopic (exact) mass is 483 g/mol. The van der Waals surface area contributed by atoms with Crippen molar-refractivity contribution in [3.8, 4) is 0 Å². The Balaban J connectivity index is 1.50. The number of rotatable bonds is 6. The van der Waals surface area contributed by atoms with E-state index in [1.807, 2.05) is 0 Å². The standard InChI is InChI=1S/C25H29N3O5S/c1-16(2)22(28-24(30)20-6-4-5-7-21(20)25(28)31)23(29)26-18-8-10-19(11-9-18)34(32,33)27-14-12-17(3)13-15-27/h4-11,16-17,22H,12-15H2,1-3H3,(H,26,29).